The predicted octanol–water partition coefficient (Wildman–Crippen LogP) is 4.49. The first-order valence-electron chi connectivity index (χ1n) is 10.5. The lowest BCUT2D eigenvalue weighted by Gasteiger charge is -2.36. The van der Waals surface area contributed by atoms with Gasteiger partial charge in [-0.1, -0.05) is 20.8 Å². The van der Waals surface area contributed by atoms with Gasteiger partial charge in [0.2, 0.25) is 0 Å². The quantitative estimate of drug-likeness (QED) is 0.249. The Morgan fingerprint density at radius 2 is 1.93 bits per heavy atom. The minimum atomic E-state index is -1.82. The topological polar surface area (TPSA) is 97.2 Å². The van der Waals surface area contributed by atoms with Gasteiger partial charge >= 0.3 is 11.6 Å². The second-order valence-electron chi connectivity index (χ2n) is 9.56. The Hall–Kier alpha value is -2.20. The fourth-order valence-corrected chi connectivity index (χ4v) is 4.22. The Balaban J connectivity index is 1.76. The first-order valence-corrected chi connectivity index (χ1v) is 13.4. The van der Waals surface area contributed by atoms with E-state index >= 15 is 0 Å². The highest BCUT2D eigenvalue weighted by molar-refractivity contribution is 6.74. The van der Waals surface area contributed by atoms with E-state index in [1.165, 1.54) is 0 Å². The number of nitro groups is 1. The van der Waals surface area contributed by atoms with Gasteiger partial charge in [0.05, 0.1) is 17.2 Å². The van der Waals surface area contributed by atoms with E-state index < -0.39 is 8.32 Å². The summed E-state index contributed by atoms with van der Waals surface area (Å²) in [5.41, 5.74) is 1.41. The third kappa shape index (κ3) is 4.59. The maximum atomic E-state index is 11.9. The van der Waals surface area contributed by atoms with Crippen LogP contribution in [0, 0.1) is 17.0 Å². The molecule has 10 heteroatoms. The number of hydrogen-bond donors (Lipinski definition) is 0. The molecular weight excluding hydrogens is 402 g/mol. The molecule has 0 N–H and O–H groups in total. The summed E-state index contributed by atoms with van der Waals surface area (Å²) in [7, 11) is -0.00500. The van der Waals surface area contributed by atoms with E-state index in [1.54, 1.807) is 9.36 Å². The van der Waals surface area contributed by atoms with Crippen LogP contribution < -0.4 is 4.74 Å². The van der Waals surface area contributed by atoms with Crippen LogP contribution >= 0.6 is 0 Å². The fourth-order valence-electron chi connectivity index (χ4n) is 3.14. The number of hydrogen-bond acceptors (Lipinski definition) is 6. The van der Waals surface area contributed by atoms with Gasteiger partial charge in [-0.05, 0) is 37.9 Å². The molecule has 1 aliphatic carbocycles. The van der Waals surface area contributed by atoms with Crippen LogP contribution in [0.25, 0.3) is 5.82 Å². The highest BCUT2D eigenvalue weighted by atomic mass is 28.4. The van der Waals surface area contributed by atoms with Crippen LogP contribution in [-0.2, 0) is 11.5 Å². The van der Waals surface area contributed by atoms with Crippen molar-refractivity contribution in [2.75, 3.05) is 13.2 Å². The zero-order valence-electron chi connectivity index (χ0n) is 19.1. The molecule has 0 aromatic carbocycles. The summed E-state index contributed by atoms with van der Waals surface area (Å²) in [4.78, 5) is 11.5. The molecular formula is C20H33N5O4Si. The summed E-state index contributed by atoms with van der Waals surface area (Å²) < 4.78 is 15.3. The van der Waals surface area contributed by atoms with Crippen molar-refractivity contribution >= 4 is 14.0 Å². The zero-order chi connectivity index (χ0) is 22.3. The molecule has 1 saturated carbocycles. The Labute approximate surface area is 178 Å². The predicted molar refractivity (Wildman–Crippen MR) is 117 cm³/mol. The molecule has 0 radical (unpaired) electrons. The average Bonchev–Trinajstić information content (AvgIpc) is 3.30. The molecule has 0 spiro atoms. The molecule has 0 saturated heterocycles. The molecule has 30 heavy (non-hydrogen) atoms. The summed E-state index contributed by atoms with van der Waals surface area (Å²) in [6.45, 7) is 13.8. The van der Waals surface area contributed by atoms with Crippen molar-refractivity contribution in [1.82, 2.24) is 19.6 Å². The van der Waals surface area contributed by atoms with E-state index in [2.05, 4.69) is 44.1 Å². The summed E-state index contributed by atoms with van der Waals surface area (Å²) in [6.07, 6.45) is 2.49. The lowest BCUT2D eigenvalue weighted by Crippen LogP contribution is -2.41. The Morgan fingerprint density at radius 1 is 1.27 bits per heavy atom. The first kappa shape index (κ1) is 22.5. The highest BCUT2D eigenvalue weighted by Crippen LogP contribution is 2.48. The third-order valence-electron chi connectivity index (χ3n) is 6.00. The lowest BCUT2D eigenvalue weighted by atomic mass is 10.2. The molecule has 2 aromatic heterocycles. The monoisotopic (exact) mass is 435 g/mol. The Bertz CT molecular complexity index is 925. The normalized spacial score (nSPS) is 14.9. The van der Waals surface area contributed by atoms with Crippen LogP contribution in [0.1, 0.15) is 57.3 Å². The third-order valence-corrected chi connectivity index (χ3v) is 10.5. The van der Waals surface area contributed by atoms with Crippen molar-refractivity contribution in [1.29, 1.82) is 0 Å². The van der Waals surface area contributed by atoms with E-state index in [0.717, 1.165) is 18.5 Å². The van der Waals surface area contributed by atoms with Gasteiger partial charge in [0.1, 0.15) is 5.69 Å². The molecule has 166 valence electrons. The van der Waals surface area contributed by atoms with Gasteiger partial charge < -0.3 is 9.16 Å². The van der Waals surface area contributed by atoms with Crippen LogP contribution in [0.2, 0.25) is 18.1 Å². The van der Waals surface area contributed by atoms with E-state index in [0.29, 0.717) is 31.1 Å². The van der Waals surface area contributed by atoms with Crippen LogP contribution in [-0.4, -0.2) is 46.0 Å². The molecule has 2 heterocycles. The molecule has 1 fully saturated rings. The van der Waals surface area contributed by atoms with Crippen molar-refractivity contribution in [3.05, 3.63) is 27.6 Å². The first-order chi connectivity index (χ1) is 13.9. The van der Waals surface area contributed by atoms with Gasteiger partial charge in [0, 0.05) is 32.1 Å². The second-order valence-corrected chi connectivity index (χ2v) is 14.4. The number of rotatable bonds is 9. The molecule has 0 atom stereocenters. The summed E-state index contributed by atoms with van der Waals surface area (Å²) in [5, 5.41) is 20.9. The zero-order valence-corrected chi connectivity index (χ0v) is 20.1. The van der Waals surface area contributed by atoms with E-state index in [4.69, 9.17) is 9.16 Å². The van der Waals surface area contributed by atoms with Crippen molar-refractivity contribution in [3.8, 4) is 11.7 Å². The van der Waals surface area contributed by atoms with E-state index in [9.17, 15) is 10.1 Å². The molecule has 2 aromatic rings. The van der Waals surface area contributed by atoms with Gasteiger partial charge in [-0.3, -0.25) is 14.8 Å². The second kappa shape index (κ2) is 8.14. The summed E-state index contributed by atoms with van der Waals surface area (Å²) >= 11 is 0. The molecule has 0 bridgehead atoms. The minimum Gasteiger partial charge on any atom is -0.472 e. The fraction of sp³-hybridized carbons (Fsp3) is 0.700. The largest absolute Gasteiger partial charge is 0.472 e. The number of aryl methyl sites for hydroxylation is 2. The number of aromatic nitrogens is 4. The van der Waals surface area contributed by atoms with E-state index in [1.807, 2.05) is 20.0 Å². The Morgan fingerprint density at radius 3 is 2.43 bits per heavy atom. The lowest BCUT2D eigenvalue weighted by molar-refractivity contribution is -0.386. The van der Waals surface area contributed by atoms with Crippen molar-refractivity contribution in [2.45, 2.75) is 71.0 Å². The highest BCUT2D eigenvalue weighted by Gasteiger charge is 2.40. The Kier molecular flexibility index (Phi) is 6.10. The smallest absolute Gasteiger partial charge is 0.354 e. The van der Waals surface area contributed by atoms with Crippen LogP contribution in [0.4, 0.5) is 5.69 Å². The maximum absolute atomic E-state index is 11.9. The van der Waals surface area contributed by atoms with Crippen molar-refractivity contribution in [3.63, 3.8) is 0 Å². The summed E-state index contributed by atoms with van der Waals surface area (Å²) in [5.74, 6) is 0.911. The number of nitrogens with zero attached hydrogens (tertiary/aromatic N) is 5. The van der Waals surface area contributed by atoms with Crippen LogP contribution in [0.15, 0.2) is 6.07 Å². The molecule has 0 amide bonds. The van der Waals surface area contributed by atoms with Gasteiger partial charge in [0.15, 0.2) is 14.1 Å². The van der Waals surface area contributed by atoms with Gasteiger partial charge in [0.25, 0.3) is 0 Å². The van der Waals surface area contributed by atoms with Crippen LogP contribution in [0.5, 0.6) is 5.88 Å². The minimum absolute atomic E-state index is 0.0262. The standard InChI is InChI=1S/C20H33N5O4Si/c1-14-13-16(23(5)21-14)24-17(15-9-10-15)18(25(26)27)19(22-24)28-11-8-12-29-30(6,7)20(2,3)4/h13,15H,8-12H2,1-7H3. The van der Waals surface area contributed by atoms with Gasteiger partial charge in [-0.15, -0.1) is 5.10 Å². The number of ether oxygens (including phenoxy) is 1. The SMILES string of the molecule is Cc1cc(-n2nc(OCCCO[Si](C)(C)C(C)(C)C)c([N+](=O)[O-])c2C2CC2)n(C)n1. The van der Waals surface area contributed by atoms with Crippen LogP contribution in [0.3, 0.4) is 0 Å². The van der Waals surface area contributed by atoms with Gasteiger partial charge in [-0.2, -0.15) is 5.10 Å². The van der Waals surface area contributed by atoms with Crippen molar-refractivity contribution in [2.24, 2.45) is 7.05 Å². The molecule has 0 aliphatic heterocycles. The maximum Gasteiger partial charge on any atom is 0.354 e. The van der Waals surface area contributed by atoms with E-state index in [-0.39, 0.29) is 27.4 Å². The van der Waals surface area contributed by atoms with Crippen molar-refractivity contribution < 1.29 is 14.1 Å². The molecule has 0 unspecified atom stereocenters. The summed E-state index contributed by atoms with van der Waals surface area (Å²) in [6, 6.07) is 1.87. The molecule has 9 nitrogen and oxygen atoms in total. The molecule has 1 aliphatic rings. The molecule has 3 rings (SSSR count). The average molecular weight is 436 g/mol. The van der Waals surface area contributed by atoms with Gasteiger partial charge in [-0.25, -0.2) is 4.68 Å².